The molecule has 1 heterocycles. The summed E-state index contributed by atoms with van der Waals surface area (Å²) in [6.45, 7) is 0. The molecule has 1 aliphatic heterocycles. The molecule has 0 radical (unpaired) electrons. The fraction of sp³-hybridized carbons (Fsp3) is 0.167. The third-order valence-electron chi connectivity index (χ3n) is 4.19. The van der Waals surface area contributed by atoms with Crippen molar-refractivity contribution in [1.82, 2.24) is 4.72 Å². The summed E-state index contributed by atoms with van der Waals surface area (Å²) in [5, 5.41) is 28.7. The summed E-state index contributed by atoms with van der Waals surface area (Å²) in [6, 6.07) is 10.4. The van der Waals surface area contributed by atoms with Gasteiger partial charge in [0.25, 0.3) is 5.69 Å². The van der Waals surface area contributed by atoms with Crippen molar-refractivity contribution in [1.29, 1.82) is 0 Å². The molecule has 0 unspecified atom stereocenters. The maximum Gasteiger partial charge on any atom is 0.313 e. The van der Waals surface area contributed by atoms with Crippen LogP contribution in [0.2, 0.25) is 0 Å². The van der Waals surface area contributed by atoms with E-state index in [1.807, 2.05) is 0 Å². The van der Waals surface area contributed by atoms with Gasteiger partial charge < -0.3 is 5.11 Å². The topological polar surface area (TPSA) is 151 Å². The number of hydrogen-bond acceptors (Lipinski definition) is 8. The number of thioether (sulfide) groups is 1. The van der Waals surface area contributed by atoms with Gasteiger partial charge in [0, 0.05) is 24.1 Å². The summed E-state index contributed by atoms with van der Waals surface area (Å²) in [6.07, 6.45) is 0.276. The molecule has 0 saturated carbocycles. The summed E-state index contributed by atoms with van der Waals surface area (Å²) in [5.74, 6) is -1.12. The Morgan fingerprint density at radius 2 is 1.83 bits per heavy atom. The van der Waals surface area contributed by atoms with E-state index in [-0.39, 0.29) is 22.8 Å². The summed E-state index contributed by atoms with van der Waals surface area (Å²) in [5.41, 5.74) is 1.93. The molecule has 0 spiro atoms. The zero-order chi connectivity index (χ0) is 21.9. The van der Waals surface area contributed by atoms with Gasteiger partial charge in [0.2, 0.25) is 10.0 Å². The van der Waals surface area contributed by atoms with Crippen LogP contribution in [0.3, 0.4) is 0 Å². The molecule has 2 N–H and O–H groups in total. The van der Waals surface area contributed by atoms with Crippen molar-refractivity contribution in [3.05, 3.63) is 58.1 Å². The van der Waals surface area contributed by atoms with Crippen LogP contribution in [0.1, 0.15) is 12.0 Å². The smallest absolute Gasteiger partial charge is 0.313 e. The lowest BCUT2D eigenvalue weighted by Crippen LogP contribution is -2.18. The zero-order valence-electron chi connectivity index (χ0n) is 15.6. The van der Waals surface area contributed by atoms with Gasteiger partial charge in [-0.05, 0) is 36.4 Å². The minimum atomic E-state index is -3.59. The molecule has 30 heavy (non-hydrogen) atoms. The van der Waals surface area contributed by atoms with Gasteiger partial charge in [0.05, 0.1) is 21.3 Å². The van der Waals surface area contributed by atoms with E-state index in [1.54, 1.807) is 18.2 Å². The molecule has 156 valence electrons. The Hall–Kier alpha value is -3.09. The monoisotopic (exact) mass is 448 g/mol. The molecule has 0 amide bonds. The summed E-state index contributed by atoms with van der Waals surface area (Å²) in [4.78, 5) is 21.7. The molecule has 3 rings (SSSR count). The normalized spacial score (nSPS) is 13.6. The third kappa shape index (κ3) is 4.90. The van der Waals surface area contributed by atoms with E-state index in [4.69, 9.17) is 5.11 Å². The number of carboxylic acids is 1. The van der Waals surface area contributed by atoms with Crippen molar-refractivity contribution >= 4 is 44.2 Å². The number of nitro groups is 1. The van der Waals surface area contributed by atoms with E-state index in [0.29, 0.717) is 27.4 Å². The molecule has 0 atom stereocenters. The van der Waals surface area contributed by atoms with Crippen LogP contribution >= 0.6 is 11.8 Å². The Balaban J connectivity index is 1.91. The van der Waals surface area contributed by atoms with E-state index in [2.05, 4.69) is 14.9 Å². The molecule has 0 fully saturated rings. The van der Waals surface area contributed by atoms with Crippen molar-refractivity contribution in [2.75, 3.05) is 12.8 Å². The van der Waals surface area contributed by atoms with E-state index in [1.165, 1.54) is 31.3 Å². The van der Waals surface area contributed by atoms with Gasteiger partial charge in [-0.2, -0.15) is 5.10 Å². The highest BCUT2D eigenvalue weighted by molar-refractivity contribution is 8.14. The van der Waals surface area contributed by atoms with Gasteiger partial charge >= 0.3 is 5.97 Å². The van der Waals surface area contributed by atoms with Crippen LogP contribution in [0.4, 0.5) is 5.69 Å². The SMILES string of the molecule is CNS(=O)(=O)c1ccc(-c2cc(C3=NN=C(SCC(=O)O)C3)cc([N+](=O)[O-])c2)cc1. The number of rotatable bonds is 7. The van der Waals surface area contributed by atoms with Gasteiger partial charge in [-0.15, -0.1) is 5.10 Å². The molecule has 10 nitrogen and oxygen atoms in total. The van der Waals surface area contributed by atoms with Gasteiger partial charge in [0.15, 0.2) is 0 Å². The Bertz CT molecular complexity index is 1170. The number of nitro benzene ring substituents is 1. The second-order valence-corrected chi connectivity index (χ2v) is 9.09. The van der Waals surface area contributed by atoms with Gasteiger partial charge in [-0.25, -0.2) is 13.1 Å². The van der Waals surface area contributed by atoms with Crippen molar-refractivity contribution in [3.8, 4) is 11.1 Å². The van der Waals surface area contributed by atoms with Crippen LogP contribution in [0.5, 0.6) is 0 Å². The highest BCUT2D eigenvalue weighted by Crippen LogP contribution is 2.29. The van der Waals surface area contributed by atoms with Crippen LogP contribution in [-0.4, -0.2) is 48.0 Å². The number of carbonyl (C=O) groups is 1. The Kier molecular flexibility index (Phi) is 6.29. The van der Waals surface area contributed by atoms with Crippen molar-refractivity contribution in [2.24, 2.45) is 10.2 Å². The lowest BCUT2D eigenvalue weighted by atomic mass is 9.99. The predicted octanol–water partition coefficient (Wildman–Crippen LogP) is 2.49. The highest BCUT2D eigenvalue weighted by atomic mass is 32.2. The molecule has 12 heteroatoms. The molecular formula is C18H16N4O6S2. The average Bonchev–Trinajstić information content (AvgIpc) is 3.21. The van der Waals surface area contributed by atoms with Crippen molar-refractivity contribution in [2.45, 2.75) is 11.3 Å². The number of nitrogens with one attached hydrogen (secondary N) is 1. The fourth-order valence-electron chi connectivity index (χ4n) is 2.71. The lowest BCUT2D eigenvalue weighted by Gasteiger charge is -2.08. The minimum absolute atomic E-state index is 0.0769. The van der Waals surface area contributed by atoms with E-state index < -0.39 is 20.9 Å². The minimum Gasteiger partial charge on any atom is -0.481 e. The van der Waals surface area contributed by atoms with Gasteiger partial charge in [-0.3, -0.25) is 14.9 Å². The molecular weight excluding hydrogens is 432 g/mol. The summed E-state index contributed by atoms with van der Waals surface area (Å²) in [7, 11) is -2.29. The van der Waals surface area contributed by atoms with Gasteiger partial charge in [0.1, 0.15) is 5.04 Å². The zero-order valence-corrected chi connectivity index (χ0v) is 17.2. The van der Waals surface area contributed by atoms with Crippen molar-refractivity contribution < 1.29 is 23.2 Å². The predicted molar refractivity (Wildman–Crippen MR) is 113 cm³/mol. The van der Waals surface area contributed by atoms with E-state index in [9.17, 15) is 23.3 Å². The average molecular weight is 448 g/mol. The number of sulfonamides is 1. The number of benzene rings is 2. The molecule has 0 aromatic heterocycles. The third-order valence-corrected chi connectivity index (χ3v) is 6.57. The molecule has 2 aromatic carbocycles. The molecule has 2 aromatic rings. The first kappa shape index (κ1) is 21.6. The van der Waals surface area contributed by atoms with Crippen molar-refractivity contribution in [3.63, 3.8) is 0 Å². The van der Waals surface area contributed by atoms with E-state index >= 15 is 0 Å². The van der Waals surface area contributed by atoms with E-state index in [0.717, 1.165) is 11.8 Å². The first-order valence-corrected chi connectivity index (χ1v) is 11.0. The maximum atomic E-state index is 11.9. The quantitative estimate of drug-likeness (QED) is 0.488. The Labute approximate surface area is 175 Å². The molecule has 1 aliphatic rings. The second kappa shape index (κ2) is 8.73. The first-order valence-electron chi connectivity index (χ1n) is 8.51. The summed E-state index contributed by atoms with van der Waals surface area (Å²) >= 11 is 1.05. The molecule has 0 bridgehead atoms. The number of nitrogens with zero attached hydrogens (tertiary/aromatic N) is 3. The van der Waals surface area contributed by atoms with Gasteiger partial charge in [-0.1, -0.05) is 23.9 Å². The molecule has 0 aliphatic carbocycles. The standard InChI is InChI=1S/C18H16N4O6S2/c1-19-30(27,28)15-4-2-11(3-5-15)12-6-13(8-14(7-12)22(25)26)16-9-17(21-20-16)29-10-18(23)24/h2-8,19H,9-10H2,1H3,(H,23,24). The second-order valence-electron chi connectivity index (χ2n) is 6.16. The van der Waals surface area contributed by atoms with Crippen LogP contribution in [-0.2, 0) is 14.8 Å². The van der Waals surface area contributed by atoms with Crippen LogP contribution < -0.4 is 4.72 Å². The Morgan fingerprint density at radius 1 is 1.17 bits per heavy atom. The van der Waals surface area contributed by atoms with Crippen LogP contribution in [0.15, 0.2) is 57.6 Å². The summed E-state index contributed by atoms with van der Waals surface area (Å²) < 4.78 is 26.0. The highest BCUT2D eigenvalue weighted by Gasteiger charge is 2.20. The van der Waals surface area contributed by atoms with Crippen LogP contribution in [0.25, 0.3) is 11.1 Å². The number of non-ortho nitro benzene ring substituents is 1. The first-order chi connectivity index (χ1) is 14.2. The lowest BCUT2D eigenvalue weighted by molar-refractivity contribution is -0.384. The Morgan fingerprint density at radius 3 is 2.43 bits per heavy atom. The number of hydrogen-bond donors (Lipinski definition) is 2. The number of carboxylic acid groups (broad SMARTS) is 1. The molecule has 0 saturated heterocycles. The fourth-order valence-corrected chi connectivity index (χ4v) is 4.07. The maximum absolute atomic E-state index is 11.9. The largest absolute Gasteiger partial charge is 0.481 e. The van der Waals surface area contributed by atoms with Crippen LogP contribution in [0, 0.1) is 10.1 Å². The number of aliphatic carboxylic acids is 1.